The summed E-state index contributed by atoms with van der Waals surface area (Å²) < 4.78 is 1.51. The smallest absolute Gasteiger partial charge is 0.276 e. The van der Waals surface area contributed by atoms with Crippen LogP contribution in [0.15, 0.2) is 59.4 Å². The number of anilines is 1. The summed E-state index contributed by atoms with van der Waals surface area (Å²) in [5, 5.41) is 9.81. The topological polar surface area (TPSA) is 93.1 Å². The molecule has 1 heterocycles. The number of amides is 2. The van der Waals surface area contributed by atoms with Crippen molar-refractivity contribution in [3.05, 3.63) is 86.8 Å². The Morgan fingerprint density at radius 3 is 2.52 bits per heavy atom. The van der Waals surface area contributed by atoms with Crippen LogP contribution in [0.4, 0.5) is 5.69 Å². The van der Waals surface area contributed by atoms with E-state index in [9.17, 15) is 14.4 Å². The minimum Gasteiger partial charge on any atom is -0.341 e. The first kappa shape index (κ1) is 20.3. The Labute approximate surface area is 172 Å². The van der Waals surface area contributed by atoms with Crippen LogP contribution in [0, 0.1) is 13.8 Å². The zero-order valence-electron chi connectivity index (χ0n) is 15.9. The highest BCUT2D eigenvalue weighted by Crippen LogP contribution is 2.22. The first-order valence-corrected chi connectivity index (χ1v) is 9.24. The van der Waals surface area contributed by atoms with E-state index in [1.807, 2.05) is 30.3 Å². The number of aromatic nitrogens is 2. The van der Waals surface area contributed by atoms with E-state index in [1.54, 1.807) is 32.0 Å². The van der Waals surface area contributed by atoms with Crippen LogP contribution >= 0.6 is 11.6 Å². The van der Waals surface area contributed by atoms with Crippen molar-refractivity contribution in [1.82, 2.24) is 15.1 Å². The Morgan fingerprint density at radius 2 is 1.79 bits per heavy atom. The van der Waals surface area contributed by atoms with Gasteiger partial charge in [0, 0.05) is 22.5 Å². The molecule has 1 aromatic heterocycles. The van der Waals surface area contributed by atoms with Gasteiger partial charge in [-0.15, -0.1) is 0 Å². The molecule has 2 amide bonds. The quantitative estimate of drug-likeness (QED) is 0.676. The summed E-state index contributed by atoms with van der Waals surface area (Å²) in [5.41, 5.74) is 1.78. The van der Waals surface area contributed by atoms with E-state index in [-0.39, 0.29) is 12.2 Å². The summed E-state index contributed by atoms with van der Waals surface area (Å²) >= 11 is 6.03. The average molecular weight is 411 g/mol. The summed E-state index contributed by atoms with van der Waals surface area (Å²) in [6, 6.07) is 15.6. The summed E-state index contributed by atoms with van der Waals surface area (Å²) in [5.74, 6) is -1.17. The second kappa shape index (κ2) is 8.70. The van der Waals surface area contributed by atoms with E-state index in [1.165, 1.54) is 10.7 Å². The van der Waals surface area contributed by atoms with Crippen molar-refractivity contribution in [3.8, 4) is 5.69 Å². The summed E-state index contributed by atoms with van der Waals surface area (Å²) in [7, 11) is 0. The molecule has 29 heavy (non-hydrogen) atoms. The number of nitrogens with one attached hydrogen (secondary N) is 2. The molecule has 0 spiro atoms. The normalized spacial score (nSPS) is 10.4. The molecule has 0 aliphatic carbocycles. The standard InChI is InChI=1S/C21H19ClN4O3/c1-13-11-18(27)20(25-26(13)15-7-4-3-5-8-15)21(29)23-12-19(28)24-17-10-6-9-16(22)14(17)2/h3-11H,12H2,1-2H3,(H,23,29)(H,24,28). The molecule has 0 atom stereocenters. The Morgan fingerprint density at radius 1 is 1.07 bits per heavy atom. The zero-order chi connectivity index (χ0) is 21.0. The van der Waals surface area contributed by atoms with Crippen LogP contribution in [0.3, 0.4) is 0 Å². The molecule has 0 saturated carbocycles. The highest BCUT2D eigenvalue weighted by Gasteiger charge is 2.16. The van der Waals surface area contributed by atoms with Gasteiger partial charge in [-0.3, -0.25) is 14.4 Å². The maximum Gasteiger partial charge on any atom is 0.276 e. The van der Waals surface area contributed by atoms with Gasteiger partial charge >= 0.3 is 0 Å². The molecule has 7 nitrogen and oxygen atoms in total. The molecule has 2 N–H and O–H groups in total. The van der Waals surface area contributed by atoms with Gasteiger partial charge in [-0.1, -0.05) is 35.9 Å². The summed E-state index contributed by atoms with van der Waals surface area (Å²) in [6.45, 7) is 3.19. The maximum atomic E-state index is 12.5. The molecule has 0 fully saturated rings. The lowest BCUT2D eigenvalue weighted by molar-refractivity contribution is -0.115. The van der Waals surface area contributed by atoms with Gasteiger partial charge < -0.3 is 10.6 Å². The predicted molar refractivity (Wildman–Crippen MR) is 112 cm³/mol. The fraction of sp³-hybridized carbons (Fsp3) is 0.143. The van der Waals surface area contributed by atoms with E-state index in [0.29, 0.717) is 22.1 Å². The van der Waals surface area contributed by atoms with E-state index >= 15 is 0 Å². The van der Waals surface area contributed by atoms with Crippen molar-refractivity contribution < 1.29 is 9.59 Å². The fourth-order valence-electron chi connectivity index (χ4n) is 2.72. The van der Waals surface area contributed by atoms with Crippen molar-refractivity contribution in [1.29, 1.82) is 0 Å². The van der Waals surface area contributed by atoms with Crippen molar-refractivity contribution in [2.45, 2.75) is 13.8 Å². The van der Waals surface area contributed by atoms with Crippen LogP contribution in [-0.4, -0.2) is 28.1 Å². The van der Waals surface area contributed by atoms with E-state index in [2.05, 4.69) is 15.7 Å². The largest absolute Gasteiger partial charge is 0.341 e. The Hall–Kier alpha value is -3.45. The van der Waals surface area contributed by atoms with Crippen LogP contribution in [0.1, 0.15) is 21.7 Å². The van der Waals surface area contributed by atoms with Gasteiger partial charge in [0.05, 0.1) is 12.2 Å². The molecule has 3 rings (SSSR count). The number of rotatable bonds is 5. The number of para-hydroxylation sites is 1. The third-order valence-electron chi connectivity index (χ3n) is 4.27. The number of aryl methyl sites for hydroxylation is 1. The van der Waals surface area contributed by atoms with Crippen molar-refractivity contribution >= 4 is 29.1 Å². The molecule has 0 radical (unpaired) electrons. The molecule has 0 aliphatic heterocycles. The molecule has 148 valence electrons. The van der Waals surface area contributed by atoms with Gasteiger partial charge in [0.15, 0.2) is 5.69 Å². The number of benzene rings is 2. The number of halogens is 1. The molecule has 0 saturated heterocycles. The van der Waals surface area contributed by atoms with Gasteiger partial charge in [-0.25, -0.2) is 4.68 Å². The Bertz CT molecular complexity index is 1130. The van der Waals surface area contributed by atoms with E-state index in [4.69, 9.17) is 11.6 Å². The lowest BCUT2D eigenvalue weighted by Gasteiger charge is -2.12. The number of hydrogen-bond donors (Lipinski definition) is 2. The zero-order valence-corrected chi connectivity index (χ0v) is 16.7. The molecular weight excluding hydrogens is 392 g/mol. The minimum atomic E-state index is -0.724. The summed E-state index contributed by atoms with van der Waals surface area (Å²) in [6.07, 6.45) is 0. The van der Waals surface area contributed by atoms with Crippen LogP contribution in [0.5, 0.6) is 0 Å². The van der Waals surface area contributed by atoms with Crippen molar-refractivity contribution in [2.24, 2.45) is 0 Å². The molecule has 3 aromatic rings. The van der Waals surface area contributed by atoms with Gasteiger partial charge in [-0.05, 0) is 43.7 Å². The number of carbonyl (C=O) groups is 2. The SMILES string of the molecule is Cc1c(Cl)cccc1NC(=O)CNC(=O)c1nn(-c2ccccc2)c(C)cc1=O. The first-order valence-electron chi connectivity index (χ1n) is 8.86. The highest BCUT2D eigenvalue weighted by molar-refractivity contribution is 6.31. The number of hydrogen-bond acceptors (Lipinski definition) is 4. The predicted octanol–water partition coefficient (Wildman–Crippen LogP) is 2.87. The van der Waals surface area contributed by atoms with Crippen LogP contribution in [0.25, 0.3) is 5.69 Å². The number of nitrogens with zero attached hydrogens (tertiary/aromatic N) is 2. The average Bonchev–Trinajstić information content (AvgIpc) is 2.70. The van der Waals surface area contributed by atoms with Gasteiger partial charge in [0.2, 0.25) is 11.3 Å². The van der Waals surface area contributed by atoms with Crippen LogP contribution in [0.2, 0.25) is 5.02 Å². The monoisotopic (exact) mass is 410 g/mol. The second-order valence-electron chi connectivity index (χ2n) is 6.39. The molecule has 0 unspecified atom stereocenters. The Kier molecular flexibility index (Phi) is 6.09. The van der Waals surface area contributed by atoms with Crippen molar-refractivity contribution in [3.63, 3.8) is 0 Å². The molecule has 0 aliphatic rings. The highest BCUT2D eigenvalue weighted by atomic mass is 35.5. The Balaban J connectivity index is 1.73. The molecule has 0 bridgehead atoms. The van der Waals surface area contributed by atoms with Gasteiger partial charge in [-0.2, -0.15) is 5.10 Å². The summed E-state index contributed by atoms with van der Waals surface area (Å²) in [4.78, 5) is 36.8. The van der Waals surface area contributed by atoms with Crippen LogP contribution in [-0.2, 0) is 4.79 Å². The fourth-order valence-corrected chi connectivity index (χ4v) is 2.89. The molecule has 2 aromatic carbocycles. The first-order chi connectivity index (χ1) is 13.9. The van der Waals surface area contributed by atoms with Gasteiger partial charge in [0.25, 0.3) is 5.91 Å². The van der Waals surface area contributed by atoms with Gasteiger partial charge in [0.1, 0.15) is 0 Å². The van der Waals surface area contributed by atoms with Crippen molar-refractivity contribution in [2.75, 3.05) is 11.9 Å². The second-order valence-corrected chi connectivity index (χ2v) is 6.80. The minimum absolute atomic E-state index is 0.286. The number of carbonyl (C=O) groups excluding carboxylic acids is 2. The third kappa shape index (κ3) is 4.70. The molecular formula is C21H19ClN4O3. The lowest BCUT2D eigenvalue weighted by atomic mass is 10.2. The van der Waals surface area contributed by atoms with E-state index < -0.39 is 17.2 Å². The van der Waals surface area contributed by atoms with E-state index in [0.717, 1.165) is 5.56 Å². The lowest BCUT2D eigenvalue weighted by Crippen LogP contribution is -2.37. The van der Waals surface area contributed by atoms with Crippen LogP contribution < -0.4 is 16.1 Å². The molecule has 8 heteroatoms. The third-order valence-corrected chi connectivity index (χ3v) is 4.68. The maximum absolute atomic E-state index is 12.5.